The molecule has 20 heavy (non-hydrogen) atoms. The Hall–Kier alpha value is -1.73. The lowest BCUT2D eigenvalue weighted by molar-refractivity contribution is 0.156. The lowest BCUT2D eigenvalue weighted by Gasteiger charge is -2.33. The summed E-state index contributed by atoms with van der Waals surface area (Å²) in [5.41, 5.74) is 7.17. The summed E-state index contributed by atoms with van der Waals surface area (Å²) < 4.78 is 4.08. The minimum atomic E-state index is 0.188. The molecule has 0 amide bonds. The number of rotatable bonds is 4. The molecule has 0 fully saturated rings. The molecule has 0 spiro atoms. The van der Waals surface area contributed by atoms with Gasteiger partial charge >= 0.3 is 0 Å². The summed E-state index contributed by atoms with van der Waals surface area (Å²) in [5.74, 6) is 1.01. The Morgan fingerprint density at radius 3 is 2.90 bits per heavy atom. The Labute approximate surface area is 118 Å². The normalized spacial score (nSPS) is 17.4. The largest absolute Gasteiger partial charge is 0.329 e. The van der Waals surface area contributed by atoms with E-state index >= 15 is 0 Å². The van der Waals surface area contributed by atoms with E-state index in [1.54, 1.807) is 6.33 Å². The van der Waals surface area contributed by atoms with Gasteiger partial charge in [-0.05, 0) is 13.8 Å². The van der Waals surface area contributed by atoms with Crippen molar-refractivity contribution in [2.75, 3.05) is 13.1 Å². The van der Waals surface area contributed by atoms with Gasteiger partial charge in [-0.2, -0.15) is 5.10 Å². The predicted molar refractivity (Wildman–Crippen MR) is 74.8 cm³/mol. The van der Waals surface area contributed by atoms with Gasteiger partial charge < -0.3 is 10.3 Å². The van der Waals surface area contributed by atoms with Gasteiger partial charge in [0.1, 0.15) is 12.2 Å². The second-order valence-corrected chi connectivity index (χ2v) is 5.51. The molecule has 2 aromatic heterocycles. The van der Waals surface area contributed by atoms with Gasteiger partial charge in [-0.1, -0.05) is 0 Å². The SMILES string of the molecule is CC(C)n1cc(C(CN)N2CCn3cnnc3C2)cn1. The quantitative estimate of drug-likeness (QED) is 0.882. The van der Waals surface area contributed by atoms with Crippen LogP contribution < -0.4 is 5.73 Å². The van der Waals surface area contributed by atoms with E-state index in [1.165, 1.54) is 5.56 Å². The molecule has 0 saturated heterocycles. The van der Waals surface area contributed by atoms with Crippen molar-refractivity contribution in [3.05, 3.63) is 30.1 Å². The molecule has 0 aliphatic carbocycles. The fraction of sp³-hybridized carbons (Fsp3) is 0.615. The van der Waals surface area contributed by atoms with Gasteiger partial charge in [0, 0.05) is 37.4 Å². The van der Waals surface area contributed by atoms with Gasteiger partial charge in [0.25, 0.3) is 0 Å². The minimum absolute atomic E-state index is 0.188. The second kappa shape index (κ2) is 5.34. The summed E-state index contributed by atoms with van der Waals surface area (Å²) in [6, 6.07) is 0.555. The fourth-order valence-corrected chi connectivity index (χ4v) is 2.65. The molecule has 7 heteroatoms. The van der Waals surface area contributed by atoms with Crippen LogP contribution in [0.5, 0.6) is 0 Å². The van der Waals surface area contributed by atoms with Crippen LogP contribution in [0.2, 0.25) is 0 Å². The zero-order valence-electron chi connectivity index (χ0n) is 12.0. The van der Waals surface area contributed by atoms with E-state index in [9.17, 15) is 0 Å². The highest BCUT2D eigenvalue weighted by molar-refractivity contribution is 5.12. The van der Waals surface area contributed by atoms with E-state index in [-0.39, 0.29) is 6.04 Å². The first-order valence-corrected chi connectivity index (χ1v) is 7.04. The summed E-state index contributed by atoms with van der Waals surface area (Å²) in [7, 11) is 0. The van der Waals surface area contributed by atoms with Crippen molar-refractivity contribution >= 4 is 0 Å². The zero-order chi connectivity index (χ0) is 14.1. The highest BCUT2D eigenvalue weighted by Crippen LogP contribution is 2.24. The first kappa shape index (κ1) is 13.3. The van der Waals surface area contributed by atoms with Crippen LogP contribution in [0.25, 0.3) is 0 Å². The van der Waals surface area contributed by atoms with Gasteiger partial charge in [0.15, 0.2) is 0 Å². The molecule has 0 aromatic carbocycles. The molecule has 1 atom stereocenters. The van der Waals surface area contributed by atoms with Gasteiger partial charge in [-0.25, -0.2) is 0 Å². The maximum Gasteiger partial charge on any atom is 0.147 e. The third-order valence-electron chi connectivity index (χ3n) is 3.87. The molecule has 0 bridgehead atoms. The van der Waals surface area contributed by atoms with Crippen LogP contribution in [0.4, 0.5) is 0 Å². The molecule has 1 aliphatic heterocycles. The Morgan fingerprint density at radius 1 is 1.35 bits per heavy atom. The molecule has 1 aliphatic rings. The summed E-state index contributed by atoms with van der Waals surface area (Å²) in [6.45, 7) is 7.48. The lowest BCUT2D eigenvalue weighted by atomic mass is 10.1. The molecule has 108 valence electrons. The summed E-state index contributed by atoms with van der Waals surface area (Å²) in [4.78, 5) is 2.35. The van der Waals surface area contributed by atoms with Crippen LogP contribution in [0.3, 0.4) is 0 Å². The average molecular weight is 275 g/mol. The van der Waals surface area contributed by atoms with Gasteiger partial charge in [0.05, 0.1) is 18.8 Å². The third-order valence-corrected chi connectivity index (χ3v) is 3.87. The van der Waals surface area contributed by atoms with Crippen molar-refractivity contribution in [2.45, 2.75) is 39.0 Å². The molecule has 1 unspecified atom stereocenters. The fourth-order valence-electron chi connectivity index (χ4n) is 2.65. The standard InChI is InChI=1S/C13H21N7/c1-10(2)20-7-11(6-16-20)12(5-14)18-3-4-19-9-15-17-13(19)8-18/h6-7,9-10,12H,3-5,8,14H2,1-2H3. The summed E-state index contributed by atoms with van der Waals surface area (Å²) in [5, 5.41) is 12.5. The number of fused-ring (bicyclic) bond motifs is 1. The lowest BCUT2D eigenvalue weighted by Crippen LogP contribution is -2.39. The Bertz CT molecular complexity index is 571. The van der Waals surface area contributed by atoms with Crippen molar-refractivity contribution in [1.82, 2.24) is 29.4 Å². The maximum atomic E-state index is 5.99. The third kappa shape index (κ3) is 2.34. The van der Waals surface area contributed by atoms with Gasteiger partial charge in [0.2, 0.25) is 0 Å². The Kier molecular flexibility index (Phi) is 3.54. The van der Waals surface area contributed by atoms with Crippen LogP contribution in [0.1, 0.15) is 37.3 Å². The molecule has 3 rings (SSSR count). The van der Waals surface area contributed by atoms with Crippen molar-refractivity contribution in [1.29, 1.82) is 0 Å². The van der Waals surface area contributed by atoms with E-state index in [4.69, 9.17) is 5.73 Å². The predicted octanol–water partition coefficient (Wildman–Crippen LogP) is 0.571. The monoisotopic (exact) mass is 275 g/mol. The Morgan fingerprint density at radius 2 is 2.20 bits per heavy atom. The van der Waals surface area contributed by atoms with Gasteiger partial charge in [-0.15, -0.1) is 10.2 Å². The van der Waals surface area contributed by atoms with Crippen LogP contribution >= 0.6 is 0 Å². The van der Waals surface area contributed by atoms with Crippen molar-refractivity contribution < 1.29 is 0 Å². The topological polar surface area (TPSA) is 77.8 Å². The number of nitrogens with zero attached hydrogens (tertiary/aromatic N) is 6. The molecular formula is C13H21N7. The highest BCUT2D eigenvalue weighted by atomic mass is 15.3. The van der Waals surface area contributed by atoms with Crippen LogP contribution in [-0.2, 0) is 13.1 Å². The van der Waals surface area contributed by atoms with Crippen LogP contribution in [-0.4, -0.2) is 42.5 Å². The summed E-state index contributed by atoms with van der Waals surface area (Å²) >= 11 is 0. The molecule has 0 saturated carbocycles. The first-order valence-electron chi connectivity index (χ1n) is 7.04. The van der Waals surface area contributed by atoms with E-state index in [0.29, 0.717) is 12.6 Å². The second-order valence-electron chi connectivity index (χ2n) is 5.51. The highest BCUT2D eigenvalue weighted by Gasteiger charge is 2.25. The first-order chi connectivity index (χ1) is 9.69. The number of hydrogen-bond acceptors (Lipinski definition) is 5. The number of aromatic nitrogens is 5. The summed E-state index contributed by atoms with van der Waals surface area (Å²) in [6.07, 6.45) is 5.82. The average Bonchev–Trinajstić information content (AvgIpc) is 3.07. The maximum absolute atomic E-state index is 5.99. The smallest absolute Gasteiger partial charge is 0.147 e. The molecular weight excluding hydrogens is 254 g/mol. The van der Waals surface area contributed by atoms with Crippen molar-refractivity contribution in [3.63, 3.8) is 0 Å². The minimum Gasteiger partial charge on any atom is -0.329 e. The number of hydrogen-bond donors (Lipinski definition) is 1. The van der Waals surface area contributed by atoms with Crippen molar-refractivity contribution in [2.24, 2.45) is 5.73 Å². The van der Waals surface area contributed by atoms with Crippen LogP contribution in [0.15, 0.2) is 18.7 Å². The van der Waals surface area contributed by atoms with Crippen molar-refractivity contribution in [3.8, 4) is 0 Å². The Balaban J connectivity index is 1.80. The van der Waals surface area contributed by atoms with E-state index < -0.39 is 0 Å². The molecule has 7 nitrogen and oxygen atoms in total. The zero-order valence-corrected chi connectivity index (χ0v) is 12.0. The van der Waals surface area contributed by atoms with Crippen LogP contribution in [0, 0.1) is 0 Å². The van der Waals surface area contributed by atoms with Gasteiger partial charge in [-0.3, -0.25) is 9.58 Å². The molecule has 2 aromatic rings. The molecule has 0 radical (unpaired) electrons. The van der Waals surface area contributed by atoms with E-state index in [2.05, 4.69) is 44.8 Å². The molecule has 2 N–H and O–H groups in total. The molecule has 3 heterocycles. The number of nitrogens with two attached hydrogens (primary N) is 1. The van der Waals surface area contributed by atoms with E-state index in [1.807, 2.05) is 10.9 Å². The van der Waals surface area contributed by atoms with E-state index in [0.717, 1.165) is 25.5 Å².